The molecular weight excluding hydrogens is 454 g/mol. The zero-order valence-corrected chi connectivity index (χ0v) is 22.2. The van der Waals surface area contributed by atoms with Crippen molar-refractivity contribution < 1.29 is 14.3 Å². The van der Waals surface area contributed by atoms with Crippen LogP contribution in [0.15, 0.2) is 42.5 Å². The summed E-state index contributed by atoms with van der Waals surface area (Å²) in [6.07, 6.45) is 3.17. The van der Waals surface area contributed by atoms with Crippen molar-refractivity contribution in [3.63, 3.8) is 0 Å². The Morgan fingerprint density at radius 2 is 1.67 bits per heavy atom. The van der Waals surface area contributed by atoms with Crippen LogP contribution in [0.4, 0.5) is 17.1 Å². The van der Waals surface area contributed by atoms with Crippen molar-refractivity contribution in [3.05, 3.63) is 48.0 Å². The average Bonchev–Trinajstić information content (AvgIpc) is 2.89. The fourth-order valence-electron chi connectivity index (χ4n) is 4.40. The van der Waals surface area contributed by atoms with Gasteiger partial charge < -0.3 is 30.1 Å². The van der Waals surface area contributed by atoms with Gasteiger partial charge in [-0.05, 0) is 63.8 Å². The molecule has 1 heterocycles. The normalized spacial score (nSPS) is 13.6. The summed E-state index contributed by atoms with van der Waals surface area (Å²) in [7, 11) is 5.74. The number of nitrogens with zero attached hydrogens (tertiary/aromatic N) is 3. The van der Waals surface area contributed by atoms with E-state index in [0.29, 0.717) is 24.2 Å². The van der Waals surface area contributed by atoms with Crippen LogP contribution in [0.1, 0.15) is 43.0 Å². The number of carbonyl (C=O) groups is 2. The fraction of sp³-hybridized carbons (Fsp3) is 0.500. The van der Waals surface area contributed by atoms with Crippen LogP contribution in [0, 0.1) is 0 Å². The molecule has 196 valence electrons. The number of nitrogens with one attached hydrogen (secondary N) is 2. The van der Waals surface area contributed by atoms with E-state index in [4.69, 9.17) is 4.74 Å². The highest BCUT2D eigenvalue weighted by Crippen LogP contribution is 2.31. The van der Waals surface area contributed by atoms with E-state index in [1.54, 1.807) is 7.11 Å². The topological polar surface area (TPSA) is 77.1 Å². The minimum absolute atomic E-state index is 0.0210. The number of para-hydroxylation sites is 2. The predicted molar refractivity (Wildman–Crippen MR) is 148 cm³/mol. The molecule has 8 heteroatoms. The van der Waals surface area contributed by atoms with Gasteiger partial charge in [0.1, 0.15) is 5.75 Å². The van der Waals surface area contributed by atoms with Gasteiger partial charge in [0.2, 0.25) is 5.91 Å². The second-order valence-electron chi connectivity index (χ2n) is 9.44. The zero-order chi connectivity index (χ0) is 25.9. The van der Waals surface area contributed by atoms with Crippen molar-refractivity contribution in [2.45, 2.75) is 32.6 Å². The van der Waals surface area contributed by atoms with Crippen LogP contribution < -0.4 is 25.2 Å². The van der Waals surface area contributed by atoms with E-state index in [-0.39, 0.29) is 11.8 Å². The Bertz CT molecular complexity index is 1000. The maximum atomic E-state index is 13.2. The molecule has 2 N–H and O–H groups in total. The molecule has 0 unspecified atom stereocenters. The quantitative estimate of drug-likeness (QED) is 0.436. The number of unbranched alkanes of at least 4 members (excludes halogenated alkanes) is 1. The number of hydrogen-bond donors (Lipinski definition) is 2. The highest BCUT2D eigenvalue weighted by atomic mass is 16.5. The number of piperazine rings is 1. The van der Waals surface area contributed by atoms with E-state index < -0.39 is 0 Å². The molecule has 1 saturated heterocycles. The number of carbonyl (C=O) groups excluding carboxylic acids is 2. The van der Waals surface area contributed by atoms with Gasteiger partial charge in [-0.1, -0.05) is 25.5 Å². The number of amides is 2. The van der Waals surface area contributed by atoms with Crippen molar-refractivity contribution in [2.75, 3.05) is 75.6 Å². The molecular formula is C28H41N5O3. The van der Waals surface area contributed by atoms with E-state index in [1.165, 1.54) is 0 Å². The third-order valence-electron chi connectivity index (χ3n) is 6.40. The van der Waals surface area contributed by atoms with Crippen LogP contribution in [0.3, 0.4) is 0 Å². The molecule has 3 rings (SSSR count). The van der Waals surface area contributed by atoms with Crippen molar-refractivity contribution in [2.24, 2.45) is 0 Å². The summed E-state index contributed by atoms with van der Waals surface area (Å²) >= 11 is 0. The lowest BCUT2D eigenvalue weighted by Crippen LogP contribution is -2.47. The molecule has 36 heavy (non-hydrogen) atoms. The van der Waals surface area contributed by atoms with Crippen molar-refractivity contribution in [1.29, 1.82) is 0 Å². The second kappa shape index (κ2) is 13.7. The van der Waals surface area contributed by atoms with Gasteiger partial charge in [-0.3, -0.25) is 9.59 Å². The Kier molecular flexibility index (Phi) is 10.4. The third-order valence-corrected chi connectivity index (χ3v) is 6.40. The molecule has 1 aliphatic rings. The maximum absolute atomic E-state index is 13.2. The number of benzene rings is 2. The summed E-state index contributed by atoms with van der Waals surface area (Å²) in [6, 6.07) is 13.7. The Morgan fingerprint density at radius 3 is 2.33 bits per heavy atom. The molecule has 0 saturated carbocycles. The first-order chi connectivity index (χ1) is 17.4. The number of ether oxygens (including phenoxy) is 1. The van der Waals surface area contributed by atoms with Gasteiger partial charge in [-0.2, -0.15) is 0 Å². The summed E-state index contributed by atoms with van der Waals surface area (Å²) in [6.45, 7) is 6.77. The van der Waals surface area contributed by atoms with Crippen LogP contribution in [-0.4, -0.2) is 77.2 Å². The molecule has 8 nitrogen and oxygen atoms in total. The number of anilines is 3. The minimum atomic E-state index is -0.111. The van der Waals surface area contributed by atoms with Crippen LogP contribution in [0.5, 0.6) is 5.75 Å². The fourth-order valence-corrected chi connectivity index (χ4v) is 4.40. The number of methoxy groups -OCH3 is 1. The van der Waals surface area contributed by atoms with Crippen molar-refractivity contribution in [3.8, 4) is 5.75 Å². The lowest BCUT2D eigenvalue weighted by molar-refractivity contribution is -0.116. The molecule has 0 atom stereocenters. The van der Waals surface area contributed by atoms with Gasteiger partial charge >= 0.3 is 0 Å². The van der Waals surface area contributed by atoms with Crippen LogP contribution in [-0.2, 0) is 4.79 Å². The minimum Gasteiger partial charge on any atom is -0.495 e. The molecule has 2 amide bonds. The Labute approximate surface area is 215 Å². The van der Waals surface area contributed by atoms with Gasteiger partial charge in [0, 0.05) is 50.5 Å². The largest absolute Gasteiger partial charge is 0.495 e. The van der Waals surface area contributed by atoms with Gasteiger partial charge in [-0.15, -0.1) is 0 Å². The smallest absolute Gasteiger partial charge is 0.253 e. The first kappa shape index (κ1) is 27.3. The Morgan fingerprint density at radius 1 is 0.972 bits per heavy atom. The molecule has 1 aliphatic heterocycles. The van der Waals surface area contributed by atoms with Crippen LogP contribution >= 0.6 is 0 Å². The molecule has 0 bridgehead atoms. The summed E-state index contributed by atoms with van der Waals surface area (Å²) in [5, 5.41) is 6.03. The maximum Gasteiger partial charge on any atom is 0.253 e. The van der Waals surface area contributed by atoms with E-state index in [0.717, 1.165) is 69.1 Å². The molecule has 0 spiro atoms. The standard InChI is InChI=1S/C28H41N5O3/c1-5-6-12-27(34)30-22-13-14-24(23(21-22)28(35)29-15-9-16-31(2)3)32-17-19-33(20-18-32)25-10-7-8-11-26(25)36-4/h7-8,10-11,13-14,21H,5-6,9,12,15-20H2,1-4H3,(H,29,35)(H,30,34). The van der Waals surface area contributed by atoms with Crippen LogP contribution in [0.2, 0.25) is 0 Å². The van der Waals surface area contributed by atoms with E-state index >= 15 is 0 Å². The molecule has 2 aromatic carbocycles. The lowest BCUT2D eigenvalue weighted by atomic mass is 10.1. The summed E-state index contributed by atoms with van der Waals surface area (Å²) in [5.74, 6) is 0.736. The molecule has 1 fully saturated rings. The van der Waals surface area contributed by atoms with E-state index in [9.17, 15) is 9.59 Å². The van der Waals surface area contributed by atoms with Gasteiger partial charge in [-0.25, -0.2) is 0 Å². The Hall–Kier alpha value is -3.26. The first-order valence-electron chi connectivity index (χ1n) is 12.9. The molecule has 2 aromatic rings. The van der Waals surface area contributed by atoms with E-state index in [1.807, 2.05) is 50.5 Å². The van der Waals surface area contributed by atoms with Crippen molar-refractivity contribution >= 4 is 28.9 Å². The SMILES string of the molecule is CCCCC(=O)Nc1ccc(N2CCN(c3ccccc3OC)CC2)c(C(=O)NCCCN(C)C)c1. The van der Waals surface area contributed by atoms with E-state index in [2.05, 4.69) is 38.3 Å². The lowest BCUT2D eigenvalue weighted by Gasteiger charge is -2.38. The van der Waals surface area contributed by atoms with Gasteiger partial charge in [0.25, 0.3) is 5.91 Å². The zero-order valence-electron chi connectivity index (χ0n) is 22.2. The highest BCUT2D eigenvalue weighted by molar-refractivity contribution is 6.02. The predicted octanol–water partition coefficient (Wildman–Crippen LogP) is 3.83. The summed E-state index contributed by atoms with van der Waals surface area (Å²) < 4.78 is 5.55. The molecule has 0 aliphatic carbocycles. The van der Waals surface area contributed by atoms with Crippen LogP contribution in [0.25, 0.3) is 0 Å². The highest BCUT2D eigenvalue weighted by Gasteiger charge is 2.23. The number of rotatable bonds is 12. The van der Waals surface area contributed by atoms with Crippen molar-refractivity contribution in [1.82, 2.24) is 10.2 Å². The summed E-state index contributed by atoms with van der Waals surface area (Å²) in [5.41, 5.74) is 3.24. The second-order valence-corrected chi connectivity index (χ2v) is 9.44. The molecule has 0 aromatic heterocycles. The number of hydrogen-bond acceptors (Lipinski definition) is 6. The monoisotopic (exact) mass is 495 g/mol. The average molecular weight is 496 g/mol. The Balaban J connectivity index is 1.75. The third kappa shape index (κ3) is 7.62. The summed E-state index contributed by atoms with van der Waals surface area (Å²) in [4.78, 5) is 32.2. The van der Waals surface area contributed by atoms with Gasteiger partial charge in [0.15, 0.2) is 0 Å². The molecule has 0 radical (unpaired) electrons. The van der Waals surface area contributed by atoms with Gasteiger partial charge in [0.05, 0.1) is 18.4 Å². The first-order valence-corrected chi connectivity index (χ1v) is 12.9.